The molecule has 0 spiro atoms. The Bertz CT molecular complexity index is 864. The zero-order valence-electron chi connectivity index (χ0n) is 14.4. The SMILES string of the molecule is CC(C)(CNc1ccc(C(=O)Nc2nncs2)cn1)c1ccc(F)cc1. The highest BCUT2D eigenvalue weighted by molar-refractivity contribution is 7.13. The van der Waals surface area contributed by atoms with Gasteiger partial charge in [-0.05, 0) is 29.8 Å². The van der Waals surface area contributed by atoms with Gasteiger partial charge < -0.3 is 5.32 Å². The predicted octanol–water partition coefficient (Wildman–Crippen LogP) is 3.71. The molecule has 0 bridgehead atoms. The number of nitrogens with zero attached hydrogens (tertiary/aromatic N) is 3. The highest BCUT2D eigenvalue weighted by Crippen LogP contribution is 2.24. The Morgan fingerprint density at radius 1 is 1.19 bits per heavy atom. The summed E-state index contributed by atoms with van der Waals surface area (Å²) in [5, 5.41) is 13.8. The van der Waals surface area contributed by atoms with Crippen LogP contribution in [0.4, 0.5) is 15.3 Å². The first-order valence-electron chi connectivity index (χ1n) is 7.97. The van der Waals surface area contributed by atoms with Crippen LogP contribution in [0.25, 0.3) is 0 Å². The number of aromatic nitrogens is 3. The lowest BCUT2D eigenvalue weighted by molar-refractivity contribution is 0.102. The van der Waals surface area contributed by atoms with Crippen LogP contribution in [0.2, 0.25) is 0 Å². The van der Waals surface area contributed by atoms with Crippen LogP contribution in [0, 0.1) is 5.82 Å². The van der Waals surface area contributed by atoms with E-state index in [1.165, 1.54) is 29.7 Å². The van der Waals surface area contributed by atoms with E-state index in [0.717, 1.165) is 5.56 Å². The largest absolute Gasteiger partial charge is 0.369 e. The van der Waals surface area contributed by atoms with Crippen LogP contribution < -0.4 is 10.6 Å². The van der Waals surface area contributed by atoms with Crippen molar-refractivity contribution in [3.05, 3.63) is 65.0 Å². The molecule has 2 N–H and O–H groups in total. The van der Waals surface area contributed by atoms with Crippen molar-refractivity contribution < 1.29 is 9.18 Å². The van der Waals surface area contributed by atoms with Crippen LogP contribution in [0.5, 0.6) is 0 Å². The number of benzene rings is 1. The van der Waals surface area contributed by atoms with Crippen molar-refractivity contribution in [2.75, 3.05) is 17.2 Å². The molecular weight excluding hydrogens is 353 g/mol. The van der Waals surface area contributed by atoms with Gasteiger partial charge in [-0.15, -0.1) is 10.2 Å². The summed E-state index contributed by atoms with van der Waals surface area (Å²) in [5.41, 5.74) is 2.80. The lowest BCUT2D eigenvalue weighted by atomic mass is 9.84. The minimum absolute atomic E-state index is 0.205. The summed E-state index contributed by atoms with van der Waals surface area (Å²) in [6.07, 6.45) is 1.50. The molecule has 0 unspecified atom stereocenters. The lowest BCUT2D eigenvalue weighted by Crippen LogP contribution is -2.28. The van der Waals surface area contributed by atoms with Gasteiger partial charge in [0.25, 0.3) is 5.91 Å². The monoisotopic (exact) mass is 371 g/mol. The Kier molecular flexibility index (Phi) is 5.22. The van der Waals surface area contributed by atoms with E-state index in [9.17, 15) is 9.18 Å². The quantitative estimate of drug-likeness (QED) is 0.690. The zero-order chi connectivity index (χ0) is 18.6. The number of carbonyl (C=O) groups is 1. The zero-order valence-corrected chi connectivity index (χ0v) is 15.2. The molecule has 8 heteroatoms. The standard InChI is InChI=1S/C18H18FN5OS/c1-18(2,13-4-6-14(19)7-5-13)10-21-15-8-3-12(9-20-15)16(25)23-17-24-22-11-26-17/h3-9,11H,10H2,1-2H3,(H,20,21)(H,23,24,25). The smallest absolute Gasteiger partial charge is 0.259 e. The Morgan fingerprint density at radius 2 is 1.96 bits per heavy atom. The third kappa shape index (κ3) is 4.40. The lowest BCUT2D eigenvalue weighted by Gasteiger charge is -2.26. The van der Waals surface area contributed by atoms with Crippen molar-refractivity contribution in [1.82, 2.24) is 15.2 Å². The summed E-state index contributed by atoms with van der Waals surface area (Å²) in [6.45, 7) is 4.75. The van der Waals surface area contributed by atoms with Crippen LogP contribution in [0.3, 0.4) is 0 Å². The molecule has 0 saturated carbocycles. The van der Waals surface area contributed by atoms with Crippen molar-refractivity contribution in [2.45, 2.75) is 19.3 Å². The van der Waals surface area contributed by atoms with Crippen LogP contribution in [-0.2, 0) is 5.41 Å². The van der Waals surface area contributed by atoms with Crippen molar-refractivity contribution in [3.8, 4) is 0 Å². The van der Waals surface area contributed by atoms with Gasteiger partial charge >= 0.3 is 0 Å². The maximum atomic E-state index is 13.1. The van der Waals surface area contributed by atoms with E-state index in [2.05, 4.69) is 39.7 Å². The molecule has 0 atom stereocenters. The topological polar surface area (TPSA) is 79.8 Å². The summed E-state index contributed by atoms with van der Waals surface area (Å²) < 4.78 is 13.1. The van der Waals surface area contributed by atoms with Gasteiger partial charge in [0.15, 0.2) is 0 Å². The van der Waals surface area contributed by atoms with Crippen molar-refractivity contribution in [1.29, 1.82) is 0 Å². The van der Waals surface area contributed by atoms with Gasteiger partial charge in [-0.1, -0.05) is 37.3 Å². The predicted molar refractivity (Wildman–Crippen MR) is 100 cm³/mol. The summed E-state index contributed by atoms with van der Waals surface area (Å²) in [6, 6.07) is 9.92. The van der Waals surface area contributed by atoms with E-state index in [-0.39, 0.29) is 17.1 Å². The maximum absolute atomic E-state index is 13.1. The number of nitrogens with one attached hydrogen (secondary N) is 2. The van der Waals surface area contributed by atoms with Gasteiger partial charge in [-0.25, -0.2) is 9.37 Å². The highest BCUT2D eigenvalue weighted by Gasteiger charge is 2.20. The van der Waals surface area contributed by atoms with Gasteiger partial charge in [0.2, 0.25) is 5.13 Å². The summed E-state index contributed by atoms with van der Waals surface area (Å²) in [7, 11) is 0. The molecular formula is C18H18FN5OS. The molecule has 0 saturated heterocycles. The number of halogens is 1. The Hall–Kier alpha value is -2.87. The summed E-state index contributed by atoms with van der Waals surface area (Å²) in [4.78, 5) is 16.4. The van der Waals surface area contributed by atoms with Gasteiger partial charge in [0, 0.05) is 18.2 Å². The highest BCUT2D eigenvalue weighted by atomic mass is 32.1. The molecule has 0 aliphatic heterocycles. The number of rotatable bonds is 6. The number of amides is 1. The molecule has 134 valence electrons. The fourth-order valence-corrected chi connectivity index (χ4v) is 2.78. The Balaban J connectivity index is 1.60. The molecule has 1 amide bonds. The van der Waals surface area contributed by atoms with Crippen LogP contribution in [0.1, 0.15) is 29.8 Å². The molecule has 26 heavy (non-hydrogen) atoms. The van der Waals surface area contributed by atoms with Gasteiger partial charge in [0.05, 0.1) is 5.56 Å². The fourth-order valence-electron chi connectivity index (χ4n) is 2.34. The van der Waals surface area contributed by atoms with E-state index in [1.54, 1.807) is 29.8 Å². The average molecular weight is 371 g/mol. The van der Waals surface area contributed by atoms with Crippen molar-refractivity contribution >= 4 is 28.2 Å². The van der Waals surface area contributed by atoms with E-state index in [0.29, 0.717) is 23.1 Å². The molecule has 3 rings (SSSR count). The first-order valence-corrected chi connectivity index (χ1v) is 8.85. The van der Waals surface area contributed by atoms with E-state index in [4.69, 9.17) is 0 Å². The first-order chi connectivity index (χ1) is 12.4. The van der Waals surface area contributed by atoms with E-state index < -0.39 is 0 Å². The van der Waals surface area contributed by atoms with Crippen LogP contribution in [-0.4, -0.2) is 27.6 Å². The minimum Gasteiger partial charge on any atom is -0.369 e. The third-order valence-corrected chi connectivity index (χ3v) is 4.55. The molecule has 1 aromatic carbocycles. The van der Waals surface area contributed by atoms with Gasteiger partial charge in [-0.3, -0.25) is 10.1 Å². The molecule has 3 aromatic rings. The fraction of sp³-hybridized carbons (Fsp3) is 0.222. The maximum Gasteiger partial charge on any atom is 0.259 e. The number of pyridine rings is 1. The first kappa shape index (κ1) is 17.9. The normalized spacial score (nSPS) is 11.2. The summed E-state index contributed by atoms with van der Waals surface area (Å²) in [5.74, 6) is 0.127. The van der Waals surface area contributed by atoms with Gasteiger partial charge in [-0.2, -0.15) is 0 Å². The number of hydrogen-bond acceptors (Lipinski definition) is 6. The molecule has 0 radical (unpaired) electrons. The van der Waals surface area contributed by atoms with Crippen LogP contribution in [0.15, 0.2) is 48.1 Å². The van der Waals surface area contributed by atoms with Gasteiger partial charge in [0.1, 0.15) is 17.1 Å². The minimum atomic E-state index is -0.285. The molecule has 0 fully saturated rings. The molecule has 2 aromatic heterocycles. The molecule has 6 nitrogen and oxygen atoms in total. The van der Waals surface area contributed by atoms with E-state index in [1.807, 2.05) is 0 Å². The molecule has 0 aliphatic rings. The number of hydrogen-bond donors (Lipinski definition) is 2. The van der Waals surface area contributed by atoms with Crippen LogP contribution >= 0.6 is 11.3 Å². The summed E-state index contributed by atoms with van der Waals surface area (Å²) >= 11 is 1.25. The van der Waals surface area contributed by atoms with Crippen molar-refractivity contribution in [2.24, 2.45) is 0 Å². The Morgan fingerprint density at radius 3 is 2.58 bits per heavy atom. The van der Waals surface area contributed by atoms with E-state index >= 15 is 0 Å². The second-order valence-corrected chi connectivity index (χ2v) is 7.21. The van der Waals surface area contributed by atoms with Crippen molar-refractivity contribution in [3.63, 3.8) is 0 Å². The molecule has 2 heterocycles. The third-order valence-electron chi connectivity index (χ3n) is 3.94. The average Bonchev–Trinajstić information content (AvgIpc) is 3.14. The molecule has 0 aliphatic carbocycles. The second kappa shape index (κ2) is 7.57. The number of carbonyl (C=O) groups excluding carboxylic acids is 1. The number of anilines is 2. The Labute approximate surface area is 154 Å². The second-order valence-electron chi connectivity index (χ2n) is 6.37.